The highest BCUT2D eigenvalue weighted by Crippen LogP contribution is 2.77. The Kier molecular flexibility index (Phi) is 2.09. The van der Waals surface area contributed by atoms with Crippen LogP contribution in [0.1, 0.15) is 22.3 Å². The summed E-state index contributed by atoms with van der Waals surface area (Å²) in [4.78, 5) is 0. The Hall–Kier alpha value is -2.00. The van der Waals surface area contributed by atoms with Crippen molar-refractivity contribution >= 4 is 56.5 Å². The zero-order valence-corrected chi connectivity index (χ0v) is 16.1. The van der Waals surface area contributed by atoms with Gasteiger partial charge >= 0.3 is 0 Å². The molecular weight excluding hydrogens is 350 g/mol. The van der Waals surface area contributed by atoms with Gasteiger partial charge in [-0.15, -0.1) is 0 Å². The lowest BCUT2D eigenvalue weighted by Gasteiger charge is -2.05. The van der Waals surface area contributed by atoms with Crippen LogP contribution in [0, 0.1) is 0 Å². The van der Waals surface area contributed by atoms with Gasteiger partial charge in [0.1, 0.15) is 0 Å². The van der Waals surface area contributed by atoms with E-state index < -0.39 is 0 Å². The molecule has 0 saturated carbocycles. The Morgan fingerprint density at radius 2 is 0.692 bits per heavy atom. The van der Waals surface area contributed by atoms with Gasteiger partial charge in [-0.1, -0.05) is 38.7 Å². The Morgan fingerprint density at radius 3 is 1.00 bits per heavy atom. The molecule has 2 aliphatic carbocycles. The van der Waals surface area contributed by atoms with Crippen LogP contribution in [0.5, 0.6) is 0 Å². The van der Waals surface area contributed by atoms with E-state index in [2.05, 4.69) is 48.5 Å². The predicted molar refractivity (Wildman–Crippen MR) is 116 cm³/mol. The van der Waals surface area contributed by atoms with E-state index in [-0.39, 0.29) is 14.4 Å². The lowest BCUT2D eigenvalue weighted by molar-refractivity contribution is 1.02. The van der Waals surface area contributed by atoms with Crippen LogP contribution in [-0.2, 0) is 25.7 Å². The first-order valence-electron chi connectivity index (χ1n) is 9.65. The molecule has 4 aromatic rings. The van der Waals surface area contributed by atoms with Gasteiger partial charge in [0.25, 0.3) is 0 Å². The third kappa shape index (κ3) is 1.25. The fourth-order valence-electron chi connectivity index (χ4n) is 5.98. The molecule has 0 N–H and O–H groups in total. The molecule has 4 aromatic carbocycles. The summed E-state index contributed by atoms with van der Waals surface area (Å²) >= 11 is 0. The summed E-state index contributed by atoms with van der Waals surface area (Å²) < 4.78 is 0. The van der Waals surface area contributed by atoms with Crippen LogP contribution in [0.2, 0.25) is 0 Å². The van der Waals surface area contributed by atoms with Gasteiger partial charge in [-0.2, -0.15) is 0 Å². The Morgan fingerprint density at radius 1 is 0.385 bits per heavy atom. The maximum atomic E-state index is 2.51. The number of rotatable bonds is 0. The zero-order valence-electron chi connectivity index (χ0n) is 14.3. The average Bonchev–Trinajstić information content (AvgIpc) is 3.39. The van der Waals surface area contributed by atoms with E-state index in [0.717, 1.165) is 0 Å². The minimum absolute atomic E-state index is 0.213. The van der Waals surface area contributed by atoms with Crippen molar-refractivity contribution in [2.45, 2.75) is 25.7 Å². The lowest BCUT2D eigenvalue weighted by atomic mass is 10.0. The molecule has 0 radical (unpaired) electrons. The van der Waals surface area contributed by atoms with Crippen LogP contribution in [-0.4, -0.2) is 0 Å². The van der Waals surface area contributed by atoms with Gasteiger partial charge in [-0.25, -0.2) is 0 Å². The van der Waals surface area contributed by atoms with Crippen molar-refractivity contribution in [1.82, 2.24) is 0 Å². The van der Waals surface area contributed by atoms with Crippen LogP contribution >= 0.6 is 14.4 Å². The average molecular weight is 366 g/mol. The highest BCUT2D eigenvalue weighted by molar-refractivity contribution is 8.31. The monoisotopic (exact) mass is 366 g/mol. The van der Waals surface area contributed by atoms with E-state index in [4.69, 9.17) is 0 Å². The number of fused-ring (bicyclic) bond motifs is 5. The van der Waals surface area contributed by atoms with Crippen molar-refractivity contribution in [2.75, 3.05) is 0 Å². The molecular formula is C24H16P2. The maximum absolute atomic E-state index is 2.51. The van der Waals surface area contributed by atoms with E-state index in [1.54, 1.807) is 64.3 Å². The van der Waals surface area contributed by atoms with Crippen molar-refractivity contribution in [3.63, 3.8) is 0 Å². The first-order valence-corrected chi connectivity index (χ1v) is 13.0. The third-order valence-electron chi connectivity index (χ3n) is 7.02. The minimum atomic E-state index is -0.213. The molecule has 0 bridgehead atoms. The van der Waals surface area contributed by atoms with E-state index >= 15 is 0 Å². The first kappa shape index (κ1) is 13.2. The largest absolute Gasteiger partial charge is 0.0591 e. The molecule has 0 unspecified atom stereocenters. The molecule has 4 aliphatic rings. The van der Waals surface area contributed by atoms with Crippen molar-refractivity contribution in [2.24, 2.45) is 0 Å². The van der Waals surface area contributed by atoms with Crippen LogP contribution < -0.4 is 0 Å². The molecule has 0 nitrogen and oxygen atoms in total. The summed E-state index contributed by atoms with van der Waals surface area (Å²) in [6.45, 7) is 0. The maximum Gasteiger partial charge on any atom is 0.0112 e. The zero-order chi connectivity index (χ0) is 16.6. The van der Waals surface area contributed by atoms with Crippen molar-refractivity contribution in [3.8, 4) is 0 Å². The van der Waals surface area contributed by atoms with E-state index in [9.17, 15) is 0 Å². The highest BCUT2D eigenvalue weighted by Gasteiger charge is 2.29. The van der Waals surface area contributed by atoms with Gasteiger partial charge in [0, 0.05) is 31.2 Å². The van der Waals surface area contributed by atoms with Crippen LogP contribution in [0.4, 0.5) is 0 Å². The normalized spacial score (nSPS) is 17.2. The molecule has 2 aliphatic heterocycles. The van der Waals surface area contributed by atoms with E-state index in [0.29, 0.717) is 0 Å². The van der Waals surface area contributed by atoms with Gasteiger partial charge in [0.2, 0.25) is 0 Å². The summed E-state index contributed by atoms with van der Waals surface area (Å²) in [5.74, 6) is 0. The van der Waals surface area contributed by atoms with Crippen LogP contribution in [0.25, 0.3) is 42.0 Å². The van der Waals surface area contributed by atoms with Gasteiger partial charge in [-0.05, 0) is 83.0 Å². The molecule has 2 heteroatoms. The van der Waals surface area contributed by atoms with Gasteiger partial charge in [0.15, 0.2) is 0 Å². The molecule has 122 valence electrons. The second-order valence-electron chi connectivity index (χ2n) is 8.10. The quantitative estimate of drug-likeness (QED) is 0.259. The second kappa shape index (κ2) is 4.12. The lowest BCUT2D eigenvalue weighted by Crippen LogP contribution is -1.79. The van der Waals surface area contributed by atoms with Gasteiger partial charge < -0.3 is 0 Å². The van der Waals surface area contributed by atoms with Crippen molar-refractivity contribution in [1.29, 1.82) is 0 Å². The number of hydrogen-bond acceptors (Lipinski definition) is 0. The standard InChI is InChI=1S/C24H16P2/c1-2-14-6-10-18-23-17(9-5-13(1)21(14)23)25-19-11-7-15-3-4-16-8-12-20(26(18)25)24(19)22(15)16/h5-12H,1-4H2. The molecule has 0 spiro atoms. The van der Waals surface area contributed by atoms with E-state index in [1.165, 1.54) is 25.7 Å². The number of benzene rings is 4. The first-order chi connectivity index (χ1) is 12.9. The summed E-state index contributed by atoms with van der Waals surface area (Å²) in [5.41, 5.74) is 6.40. The molecule has 0 amide bonds. The summed E-state index contributed by atoms with van der Waals surface area (Å²) in [7, 11) is -0.426. The molecule has 0 fully saturated rings. The number of aryl methyl sites for hydroxylation is 4. The molecule has 0 aromatic heterocycles. The molecule has 0 atom stereocenters. The number of hydrogen-bond donors (Lipinski definition) is 0. The minimum Gasteiger partial charge on any atom is -0.0591 e. The van der Waals surface area contributed by atoms with Gasteiger partial charge in [-0.3, -0.25) is 0 Å². The van der Waals surface area contributed by atoms with Crippen LogP contribution in [0.15, 0.2) is 48.5 Å². The summed E-state index contributed by atoms with van der Waals surface area (Å²) in [6, 6.07) is 19.9. The summed E-state index contributed by atoms with van der Waals surface area (Å²) in [5, 5.41) is 13.4. The Balaban J connectivity index is 1.76. The van der Waals surface area contributed by atoms with Crippen molar-refractivity contribution in [3.05, 3.63) is 70.8 Å². The topological polar surface area (TPSA) is 0 Å². The van der Waals surface area contributed by atoms with E-state index in [1.807, 2.05) is 0 Å². The molecule has 0 saturated heterocycles. The SMILES string of the molecule is c1cc2c3c4c1CCc4ccc3p1c3ccc4c5c(ccc(c53)p2-1)CC4. The smallest absolute Gasteiger partial charge is 0.0112 e. The molecule has 8 rings (SSSR count). The Labute approximate surface area is 153 Å². The predicted octanol–water partition coefficient (Wildman–Crippen LogP) is 7.66. The molecule has 2 heterocycles. The molecule has 26 heavy (non-hydrogen) atoms. The second-order valence-corrected chi connectivity index (χ2v) is 13.7. The highest BCUT2D eigenvalue weighted by atomic mass is 32.0. The third-order valence-corrected chi connectivity index (χ3v) is 14.5. The summed E-state index contributed by atoms with van der Waals surface area (Å²) in [6.07, 6.45) is 4.96. The fourth-order valence-corrected chi connectivity index (χ4v) is 14.8. The van der Waals surface area contributed by atoms with Crippen molar-refractivity contribution < 1.29 is 0 Å². The fraction of sp³-hybridized carbons (Fsp3) is 0.167. The van der Waals surface area contributed by atoms with Gasteiger partial charge in [0.05, 0.1) is 0 Å². The van der Waals surface area contributed by atoms with Crippen LogP contribution in [0.3, 0.4) is 0 Å². The Bertz CT molecular complexity index is 1300.